The summed E-state index contributed by atoms with van der Waals surface area (Å²) in [4.78, 5) is 0. The minimum Gasteiger partial charge on any atom is -0.497 e. The number of aliphatic hydroxyl groups excluding tert-OH is 3. The third-order valence-corrected chi connectivity index (χ3v) is 5.41. The third kappa shape index (κ3) is 12.8. The van der Waals surface area contributed by atoms with E-state index in [-0.39, 0.29) is 13.2 Å². The van der Waals surface area contributed by atoms with Crippen LogP contribution in [0.15, 0.2) is 24.3 Å². The van der Waals surface area contributed by atoms with E-state index in [0.717, 1.165) is 49.8 Å². The smallest absolute Gasteiger partial charge is 0.118 e. The van der Waals surface area contributed by atoms with Crippen molar-refractivity contribution in [3.05, 3.63) is 29.8 Å². The van der Waals surface area contributed by atoms with Crippen LogP contribution in [0, 0.1) is 11.8 Å². The standard InChI is InChI=1S/C26H42O5/c1-3-4-5-6-7-8-9-10-11-12-13-14-15-24(28)26(29)25(20-27)31-21-22-16-18-23(30-2)19-17-22/h16-19,24-29H,3-7,10-15,20-21H2,1-2H3/t24-,25?,26+/m0/s1. The van der Waals surface area contributed by atoms with Gasteiger partial charge in [0.15, 0.2) is 0 Å². The van der Waals surface area contributed by atoms with Crippen LogP contribution in [0.3, 0.4) is 0 Å². The van der Waals surface area contributed by atoms with Crippen LogP contribution >= 0.6 is 0 Å². The van der Waals surface area contributed by atoms with Crippen LogP contribution in [0.5, 0.6) is 5.75 Å². The first kappa shape index (κ1) is 27.5. The van der Waals surface area contributed by atoms with E-state index in [1.165, 1.54) is 25.7 Å². The van der Waals surface area contributed by atoms with E-state index < -0.39 is 18.3 Å². The maximum atomic E-state index is 10.3. The van der Waals surface area contributed by atoms with Crippen LogP contribution < -0.4 is 4.74 Å². The molecule has 1 rings (SSSR count). The highest BCUT2D eigenvalue weighted by molar-refractivity contribution is 5.26. The molecule has 5 nitrogen and oxygen atoms in total. The molecule has 0 radical (unpaired) electrons. The summed E-state index contributed by atoms with van der Waals surface area (Å²) in [6.45, 7) is 2.12. The monoisotopic (exact) mass is 434 g/mol. The van der Waals surface area contributed by atoms with Crippen molar-refractivity contribution >= 4 is 0 Å². The number of hydrogen-bond donors (Lipinski definition) is 3. The van der Waals surface area contributed by atoms with E-state index >= 15 is 0 Å². The van der Waals surface area contributed by atoms with Gasteiger partial charge in [0.25, 0.3) is 0 Å². The summed E-state index contributed by atoms with van der Waals surface area (Å²) >= 11 is 0. The first-order valence-corrected chi connectivity index (χ1v) is 11.8. The lowest BCUT2D eigenvalue weighted by Crippen LogP contribution is -2.41. The van der Waals surface area contributed by atoms with Crippen LogP contribution in [0.25, 0.3) is 0 Å². The minimum absolute atomic E-state index is 0.249. The molecule has 1 unspecified atom stereocenters. The molecule has 0 fully saturated rings. The Balaban J connectivity index is 2.16. The van der Waals surface area contributed by atoms with Crippen molar-refractivity contribution in [1.82, 2.24) is 0 Å². The molecule has 0 spiro atoms. The summed E-state index contributed by atoms with van der Waals surface area (Å²) in [6.07, 6.45) is 8.64. The van der Waals surface area contributed by atoms with Gasteiger partial charge in [0.2, 0.25) is 0 Å². The van der Waals surface area contributed by atoms with E-state index in [1.807, 2.05) is 24.3 Å². The topological polar surface area (TPSA) is 79.2 Å². The van der Waals surface area contributed by atoms with Gasteiger partial charge in [-0.1, -0.05) is 57.6 Å². The molecule has 0 aromatic heterocycles. The molecule has 0 bridgehead atoms. The third-order valence-electron chi connectivity index (χ3n) is 5.41. The molecule has 0 aliphatic carbocycles. The van der Waals surface area contributed by atoms with Crippen molar-refractivity contribution in [2.24, 2.45) is 0 Å². The van der Waals surface area contributed by atoms with Gasteiger partial charge in [0.05, 0.1) is 26.4 Å². The Morgan fingerprint density at radius 2 is 1.48 bits per heavy atom. The summed E-state index contributed by atoms with van der Waals surface area (Å²) in [6, 6.07) is 7.40. The molecule has 0 saturated carbocycles. The van der Waals surface area contributed by atoms with Gasteiger partial charge in [0, 0.05) is 12.8 Å². The average molecular weight is 435 g/mol. The van der Waals surface area contributed by atoms with Gasteiger partial charge in [-0.3, -0.25) is 0 Å². The Bertz CT molecular complexity index is 604. The van der Waals surface area contributed by atoms with Gasteiger partial charge in [-0.2, -0.15) is 0 Å². The summed E-state index contributed by atoms with van der Waals surface area (Å²) in [7, 11) is 1.61. The fourth-order valence-corrected chi connectivity index (χ4v) is 3.34. The lowest BCUT2D eigenvalue weighted by Gasteiger charge is -2.25. The van der Waals surface area contributed by atoms with Crippen LogP contribution in [0.4, 0.5) is 0 Å². The highest BCUT2D eigenvalue weighted by Crippen LogP contribution is 2.16. The maximum Gasteiger partial charge on any atom is 0.118 e. The molecular formula is C26H42O5. The Morgan fingerprint density at radius 1 is 0.871 bits per heavy atom. The van der Waals surface area contributed by atoms with Gasteiger partial charge in [-0.25, -0.2) is 0 Å². The first-order chi connectivity index (χ1) is 15.1. The predicted octanol–water partition coefficient (Wildman–Crippen LogP) is 4.61. The largest absolute Gasteiger partial charge is 0.497 e. The van der Waals surface area contributed by atoms with Crippen molar-refractivity contribution < 1.29 is 24.8 Å². The average Bonchev–Trinajstić information content (AvgIpc) is 2.80. The molecule has 0 heterocycles. The zero-order chi connectivity index (χ0) is 22.7. The van der Waals surface area contributed by atoms with E-state index in [0.29, 0.717) is 6.42 Å². The Hall–Kier alpha value is -1.58. The van der Waals surface area contributed by atoms with Crippen molar-refractivity contribution in [1.29, 1.82) is 0 Å². The zero-order valence-corrected chi connectivity index (χ0v) is 19.4. The number of hydrogen-bond acceptors (Lipinski definition) is 5. The summed E-state index contributed by atoms with van der Waals surface area (Å²) in [5.74, 6) is 7.25. The maximum absolute atomic E-state index is 10.3. The molecule has 5 heteroatoms. The number of aliphatic hydroxyl groups is 3. The highest BCUT2D eigenvalue weighted by atomic mass is 16.5. The summed E-state index contributed by atoms with van der Waals surface area (Å²) < 4.78 is 10.8. The Morgan fingerprint density at radius 3 is 2.06 bits per heavy atom. The minimum atomic E-state index is -1.11. The van der Waals surface area contributed by atoms with Crippen molar-refractivity contribution in [3.8, 4) is 17.6 Å². The quantitative estimate of drug-likeness (QED) is 0.246. The number of ether oxygens (including phenoxy) is 2. The second-order valence-corrected chi connectivity index (χ2v) is 8.06. The second kappa shape index (κ2) is 18.0. The fourth-order valence-electron chi connectivity index (χ4n) is 3.34. The zero-order valence-electron chi connectivity index (χ0n) is 19.4. The molecular weight excluding hydrogens is 392 g/mol. The number of rotatable bonds is 17. The Kier molecular flexibility index (Phi) is 16.0. The van der Waals surface area contributed by atoms with Crippen molar-refractivity contribution in [2.75, 3.05) is 13.7 Å². The first-order valence-electron chi connectivity index (χ1n) is 11.8. The molecule has 1 aromatic carbocycles. The van der Waals surface area contributed by atoms with Gasteiger partial charge < -0.3 is 24.8 Å². The molecule has 0 aliphatic rings. The molecule has 0 amide bonds. The van der Waals surface area contributed by atoms with Gasteiger partial charge in [-0.05, 0) is 37.0 Å². The second-order valence-electron chi connectivity index (χ2n) is 8.06. The lowest BCUT2D eigenvalue weighted by molar-refractivity contribution is -0.114. The normalized spacial score (nSPS) is 13.8. The van der Waals surface area contributed by atoms with Gasteiger partial charge in [0.1, 0.15) is 18.0 Å². The predicted molar refractivity (Wildman–Crippen MR) is 125 cm³/mol. The Labute approximate surface area is 188 Å². The molecule has 0 aliphatic heterocycles. The summed E-state index contributed by atoms with van der Waals surface area (Å²) in [5, 5.41) is 30.2. The van der Waals surface area contributed by atoms with Crippen LogP contribution in [0.1, 0.15) is 83.1 Å². The number of unbranched alkanes of at least 4 members (excludes halogenated alkanes) is 8. The summed E-state index contributed by atoms with van der Waals surface area (Å²) in [5.41, 5.74) is 0.907. The molecule has 31 heavy (non-hydrogen) atoms. The van der Waals surface area contributed by atoms with E-state index in [4.69, 9.17) is 9.47 Å². The lowest BCUT2D eigenvalue weighted by atomic mass is 10.0. The van der Waals surface area contributed by atoms with Crippen LogP contribution in [0.2, 0.25) is 0 Å². The van der Waals surface area contributed by atoms with Crippen LogP contribution in [-0.2, 0) is 11.3 Å². The van der Waals surface area contributed by atoms with Crippen LogP contribution in [-0.4, -0.2) is 47.3 Å². The molecule has 3 atom stereocenters. The number of benzene rings is 1. The molecule has 1 aromatic rings. The molecule has 3 N–H and O–H groups in total. The van der Waals surface area contributed by atoms with E-state index in [9.17, 15) is 15.3 Å². The van der Waals surface area contributed by atoms with E-state index in [2.05, 4.69) is 18.8 Å². The molecule has 0 saturated heterocycles. The molecule has 176 valence electrons. The number of methoxy groups -OCH3 is 1. The van der Waals surface area contributed by atoms with Crippen molar-refractivity contribution in [3.63, 3.8) is 0 Å². The SMILES string of the molecule is CCCCCCC#CCCCCCC[C@H](O)[C@@H](O)C(CO)OCc1ccc(OC)cc1. The van der Waals surface area contributed by atoms with Gasteiger partial charge in [-0.15, -0.1) is 11.8 Å². The van der Waals surface area contributed by atoms with Gasteiger partial charge >= 0.3 is 0 Å². The van der Waals surface area contributed by atoms with Crippen molar-refractivity contribution in [2.45, 2.75) is 102 Å². The van der Waals surface area contributed by atoms with E-state index in [1.54, 1.807) is 7.11 Å². The highest BCUT2D eigenvalue weighted by Gasteiger charge is 2.26. The fraction of sp³-hybridized carbons (Fsp3) is 0.692.